The fourth-order valence-electron chi connectivity index (χ4n) is 3.64. The van der Waals surface area contributed by atoms with Crippen LogP contribution in [-0.4, -0.2) is 67.4 Å². The first-order chi connectivity index (χ1) is 14.9. The highest BCUT2D eigenvalue weighted by Gasteiger charge is 2.29. The number of amides is 2. The number of hydrogen-bond acceptors (Lipinski definition) is 5. The maximum absolute atomic E-state index is 12.1. The maximum Gasteiger partial charge on any atom is 0.407 e. The van der Waals surface area contributed by atoms with Crippen molar-refractivity contribution in [1.82, 2.24) is 10.2 Å². The van der Waals surface area contributed by atoms with Gasteiger partial charge >= 0.3 is 12.1 Å². The van der Waals surface area contributed by atoms with Crippen molar-refractivity contribution in [3.05, 3.63) is 59.7 Å². The zero-order valence-corrected chi connectivity index (χ0v) is 17.5. The largest absolute Gasteiger partial charge is 0.480 e. The van der Waals surface area contributed by atoms with Crippen molar-refractivity contribution in [1.29, 1.82) is 0 Å². The van der Waals surface area contributed by atoms with E-state index in [0.29, 0.717) is 0 Å². The van der Waals surface area contributed by atoms with Gasteiger partial charge in [-0.1, -0.05) is 48.5 Å². The van der Waals surface area contributed by atoms with Gasteiger partial charge in [-0.05, 0) is 22.3 Å². The molecule has 2 aromatic rings. The highest BCUT2D eigenvalue weighted by molar-refractivity contribution is 5.82. The van der Waals surface area contributed by atoms with E-state index in [1.807, 2.05) is 36.4 Å². The quantitative estimate of drug-likeness (QED) is 0.597. The Balaban J connectivity index is 1.44. The molecule has 0 fully saturated rings. The molecular formula is C23H26N2O6. The molecule has 31 heavy (non-hydrogen) atoms. The summed E-state index contributed by atoms with van der Waals surface area (Å²) in [5.74, 6) is -1.54. The molecule has 1 unspecified atom stereocenters. The monoisotopic (exact) mass is 426 g/mol. The minimum atomic E-state index is -1.15. The Kier molecular flexibility index (Phi) is 7.25. The van der Waals surface area contributed by atoms with Crippen molar-refractivity contribution < 1.29 is 29.0 Å². The first kappa shape index (κ1) is 22.3. The number of ether oxygens (including phenoxy) is 2. The van der Waals surface area contributed by atoms with Gasteiger partial charge < -0.3 is 24.8 Å². The molecule has 3 rings (SSSR count). The zero-order chi connectivity index (χ0) is 22.4. The second-order valence-electron chi connectivity index (χ2n) is 7.31. The minimum absolute atomic E-state index is 0.0205. The molecule has 0 heterocycles. The lowest BCUT2D eigenvalue weighted by Crippen LogP contribution is -2.44. The predicted molar refractivity (Wildman–Crippen MR) is 114 cm³/mol. The third kappa shape index (κ3) is 5.21. The molecule has 1 aliphatic rings. The number of aliphatic carboxylic acids is 1. The molecule has 8 nitrogen and oxygen atoms in total. The number of carboxylic acids is 1. The van der Waals surface area contributed by atoms with Gasteiger partial charge in [0.05, 0.1) is 13.2 Å². The van der Waals surface area contributed by atoms with Crippen LogP contribution >= 0.6 is 0 Å². The summed E-state index contributed by atoms with van der Waals surface area (Å²) in [6.45, 7) is 1.59. The van der Waals surface area contributed by atoms with Crippen LogP contribution in [0, 0.1) is 0 Å². The van der Waals surface area contributed by atoms with Crippen LogP contribution in [0.4, 0.5) is 4.79 Å². The zero-order valence-electron chi connectivity index (χ0n) is 17.5. The van der Waals surface area contributed by atoms with Crippen molar-refractivity contribution in [2.45, 2.75) is 18.9 Å². The molecule has 0 saturated carbocycles. The molecule has 0 radical (unpaired) electrons. The Labute approximate surface area is 180 Å². The Hall–Kier alpha value is -3.39. The number of hydrogen-bond donors (Lipinski definition) is 2. The van der Waals surface area contributed by atoms with Gasteiger partial charge in [-0.15, -0.1) is 0 Å². The van der Waals surface area contributed by atoms with Gasteiger partial charge in [0.25, 0.3) is 0 Å². The van der Waals surface area contributed by atoms with E-state index < -0.39 is 18.1 Å². The van der Waals surface area contributed by atoms with Gasteiger partial charge in [-0.3, -0.25) is 4.79 Å². The minimum Gasteiger partial charge on any atom is -0.480 e. The van der Waals surface area contributed by atoms with Gasteiger partial charge in [0.15, 0.2) is 6.04 Å². The van der Waals surface area contributed by atoms with Gasteiger partial charge in [-0.25, -0.2) is 9.59 Å². The number of carbonyl (C=O) groups excluding carboxylic acids is 2. The van der Waals surface area contributed by atoms with E-state index in [9.17, 15) is 19.5 Å². The summed E-state index contributed by atoms with van der Waals surface area (Å²) in [4.78, 5) is 35.8. The second-order valence-corrected chi connectivity index (χ2v) is 7.31. The number of alkyl carbamates (subject to hydrolysis) is 1. The van der Waals surface area contributed by atoms with Crippen molar-refractivity contribution in [3.63, 3.8) is 0 Å². The van der Waals surface area contributed by atoms with E-state index >= 15 is 0 Å². The SMILES string of the molecule is CC(=O)N(C)C(COCCNC(=O)OCC1c2ccccc2-c2ccccc21)C(=O)O. The lowest BCUT2D eigenvalue weighted by Gasteiger charge is -2.23. The summed E-state index contributed by atoms with van der Waals surface area (Å²) < 4.78 is 10.7. The van der Waals surface area contributed by atoms with Crippen LogP contribution in [0.25, 0.3) is 11.1 Å². The van der Waals surface area contributed by atoms with E-state index in [1.165, 1.54) is 14.0 Å². The van der Waals surface area contributed by atoms with Crippen LogP contribution in [0.5, 0.6) is 0 Å². The number of rotatable bonds is 9. The fourth-order valence-corrected chi connectivity index (χ4v) is 3.64. The predicted octanol–water partition coefficient (Wildman–Crippen LogP) is 2.47. The Bertz CT molecular complexity index is 915. The van der Waals surface area contributed by atoms with Crippen LogP contribution in [0.2, 0.25) is 0 Å². The van der Waals surface area contributed by atoms with Gasteiger partial charge in [0, 0.05) is 26.4 Å². The Morgan fingerprint density at radius 3 is 2.19 bits per heavy atom. The summed E-state index contributed by atoms with van der Waals surface area (Å²) >= 11 is 0. The van der Waals surface area contributed by atoms with E-state index in [1.54, 1.807) is 0 Å². The fraction of sp³-hybridized carbons (Fsp3) is 0.348. The van der Waals surface area contributed by atoms with E-state index in [-0.39, 0.29) is 38.2 Å². The Morgan fingerprint density at radius 2 is 1.65 bits per heavy atom. The van der Waals surface area contributed by atoms with Crippen molar-refractivity contribution in [2.75, 3.05) is 33.4 Å². The van der Waals surface area contributed by atoms with Crippen LogP contribution in [0.3, 0.4) is 0 Å². The lowest BCUT2D eigenvalue weighted by atomic mass is 9.98. The number of nitrogens with one attached hydrogen (secondary N) is 1. The van der Waals surface area contributed by atoms with Crippen LogP contribution in [0.15, 0.2) is 48.5 Å². The molecule has 1 aliphatic carbocycles. The number of carboxylic acid groups (broad SMARTS) is 1. The molecule has 2 aromatic carbocycles. The van der Waals surface area contributed by atoms with Gasteiger partial charge in [0.2, 0.25) is 5.91 Å². The van der Waals surface area contributed by atoms with Crippen LogP contribution in [0.1, 0.15) is 24.0 Å². The van der Waals surface area contributed by atoms with Crippen LogP contribution < -0.4 is 5.32 Å². The standard InChI is InChI=1S/C23H26N2O6/c1-15(26)25(2)21(22(27)28)14-30-12-11-24-23(29)31-13-20-18-9-5-3-7-16(18)17-8-4-6-10-19(17)20/h3-10,20-21H,11-14H2,1-2H3,(H,24,29)(H,27,28). The lowest BCUT2D eigenvalue weighted by molar-refractivity contribution is -0.150. The van der Waals surface area contributed by atoms with E-state index in [2.05, 4.69) is 17.4 Å². The molecule has 164 valence electrons. The van der Waals surface area contributed by atoms with Crippen molar-refractivity contribution in [2.24, 2.45) is 0 Å². The molecule has 1 atom stereocenters. The number of carbonyl (C=O) groups is 3. The van der Waals surface area contributed by atoms with Crippen molar-refractivity contribution in [3.8, 4) is 11.1 Å². The molecule has 2 amide bonds. The summed E-state index contributed by atoms with van der Waals surface area (Å²) in [6.07, 6.45) is -0.568. The molecule has 2 N–H and O–H groups in total. The van der Waals surface area contributed by atoms with Crippen molar-refractivity contribution >= 4 is 18.0 Å². The highest BCUT2D eigenvalue weighted by Crippen LogP contribution is 2.44. The summed E-state index contributed by atoms with van der Waals surface area (Å²) in [7, 11) is 1.40. The number of likely N-dealkylation sites (N-methyl/N-ethyl adjacent to an activating group) is 1. The summed E-state index contributed by atoms with van der Waals surface area (Å²) in [5.41, 5.74) is 4.58. The molecule has 0 aliphatic heterocycles. The average Bonchev–Trinajstić information content (AvgIpc) is 3.08. The molecule has 0 saturated heterocycles. The normalized spacial score (nSPS) is 13.1. The average molecular weight is 426 g/mol. The number of nitrogens with zero attached hydrogens (tertiary/aromatic N) is 1. The smallest absolute Gasteiger partial charge is 0.407 e. The van der Waals surface area contributed by atoms with E-state index in [4.69, 9.17) is 9.47 Å². The molecule has 0 spiro atoms. The maximum atomic E-state index is 12.1. The van der Waals surface area contributed by atoms with Crippen LogP contribution in [-0.2, 0) is 19.1 Å². The topological polar surface area (TPSA) is 105 Å². The first-order valence-electron chi connectivity index (χ1n) is 10.0. The number of benzene rings is 2. The molecular weight excluding hydrogens is 400 g/mol. The molecule has 0 aromatic heterocycles. The second kappa shape index (κ2) is 10.1. The highest BCUT2D eigenvalue weighted by atomic mass is 16.5. The molecule has 8 heteroatoms. The third-order valence-corrected chi connectivity index (χ3v) is 5.38. The van der Waals surface area contributed by atoms with Gasteiger partial charge in [-0.2, -0.15) is 0 Å². The third-order valence-electron chi connectivity index (χ3n) is 5.38. The summed E-state index contributed by atoms with van der Waals surface area (Å²) in [5, 5.41) is 11.8. The van der Waals surface area contributed by atoms with Gasteiger partial charge in [0.1, 0.15) is 6.61 Å². The summed E-state index contributed by atoms with van der Waals surface area (Å²) in [6, 6.07) is 15.1. The van der Waals surface area contributed by atoms with E-state index in [0.717, 1.165) is 27.2 Å². The first-order valence-corrected chi connectivity index (χ1v) is 10.0. The number of fused-ring (bicyclic) bond motifs is 3. The Morgan fingerprint density at radius 1 is 1.06 bits per heavy atom. The molecule has 0 bridgehead atoms.